The third kappa shape index (κ3) is 5.92. The Morgan fingerprint density at radius 3 is 1.77 bits per heavy atom. The van der Waals surface area contributed by atoms with E-state index >= 15 is 0 Å². The van der Waals surface area contributed by atoms with Crippen LogP contribution < -0.4 is 11.1 Å². The van der Waals surface area contributed by atoms with Gasteiger partial charge in [-0.25, -0.2) is 0 Å². The van der Waals surface area contributed by atoms with Gasteiger partial charge in [0.15, 0.2) is 5.78 Å². The predicted octanol–water partition coefficient (Wildman–Crippen LogP) is 3.52. The molecule has 0 atom stereocenters. The van der Waals surface area contributed by atoms with Crippen molar-refractivity contribution in [3.63, 3.8) is 0 Å². The first kappa shape index (κ1) is 26.0. The first-order chi connectivity index (χ1) is 16.2. The van der Waals surface area contributed by atoms with Crippen molar-refractivity contribution in [3.05, 3.63) is 71.8 Å². The Kier molecular flexibility index (Phi) is 7.13. The second-order valence-corrected chi connectivity index (χ2v) is 10.7. The molecule has 5 N–H and O–H groups in total. The molecule has 3 aromatic carbocycles. The Labute approximate surface area is 202 Å². The van der Waals surface area contributed by atoms with Gasteiger partial charge in [0.05, 0.1) is 0 Å². The minimum Gasteiger partial charge on any atom is -0.399 e. The van der Waals surface area contributed by atoms with Gasteiger partial charge in [-0.15, -0.1) is 0 Å². The number of nitrogens with one attached hydrogen (secondary N) is 1. The fourth-order valence-corrected chi connectivity index (χ4v) is 4.81. The van der Waals surface area contributed by atoms with Crippen LogP contribution in [0.15, 0.2) is 70.5 Å². The lowest BCUT2D eigenvalue weighted by atomic mass is 10.00. The molecule has 0 aliphatic heterocycles. The summed E-state index contributed by atoms with van der Waals surface area (Å²) in [6.45, 7) is 3.51. The summed E-state index contributed by atoms with van der Waals surface area (Å²) >= 11 is 0. The number of hydrogen-bond donors (Lipinski definition) is 4. The number of benzene rings is 3. The lowest BCUT2D eigenvalue weighted by molar-refractivity contribution is 0.0938. The Hall–Kier alpha value is -3.58. The Morgan fingerprint density at radius 2 is 1.26 bits per heavy atom. The molecule has 3 rings (SSSR count). The summed E-state index contributed by atoms with van der Waals surface area (Å²) in [5, 5.41) is 2.49. The maximum atomic E-state index is 12.6. The van der Waals surface area contributed by atoms with Crippen LogP contribution >= 0.6 is 0 Å². The van der Waals surface area contributed by atoms with Crippen LogP contribution in [0.5, 0.6) is 0 Å². The number of nitrogen functional groups attached to an aromatic ring is 1. The third-order valence-corrected chi connectivity index (χ3v) is 6.83. The molecule has 0 fully saturated rings. The van der Waals surface area contributed by atoms with Gasteiger partial charge < -0.3 is 11.1 Å². The number of nitrogens with two attached hydrogens (primary N) is 1. The van der Waals surface area contributed by atoms with E-state index in [1.165, 1.54) is 48.5 Å². The van der Waals surface area contributed by atoms with Crippen LogP contribution in [0.2, 0.25) is 0 Å². The molecule has 0 spiro atoms. The average molecular weight is 519 g/mol. The van der Waals surface area contributed by atoms with Crippen molar-refractivity contribution in [1.29, 1.82) is 0 Å². The number of anilines is 2. The van der Waals surface area contributed by atoms with Crippen molar-refractivity contribution in [1.82, 2.24) is 0 Å². The minimum absolute atomic E-state index is 0.000207. The summed E-state index contributed by atoms with van der Waals surface area (Å²) in [6, 6.07) is 12.7. The van der Waals surface area contributed by atoms with Crippen LogP contribution in [0.4, 0.5) is 11.4 Å². The highest BCUT2D eigenvalue weighted by atomic mass is 32.2. The summed E-state index contributed by atoms with van der Waals surface area (Å²) in [7, 11) is -9.69. The molecule has 0 heterocycles. The maximum Gasteiger partial charge on any atom is 0.295 e. The molecule has 0 saturated carbocycles. The van der Waals surface area contributed by atoms with E-state index in [1.807, 2.05) is 0 Å². The van der Waals surface area contributed by atoms with E-state index in [2.05, 4.69) is 5.32 Å². The summed E-state index contributed by atoms with van der Waals surface area (Å²) in [4.78, 5) is 23.3. The van der Waals surface area contributed by atoms with Crippen LogP contribution in [0.3, 0.4) is 0 Å². The Bertz CT molecular complexity index is 1530. The fourth-order valence-electron chi connectivity index (χ4n) is 3.33. The highest BCUT2D eigenvalue weighted by molar-refractivity contribution is 7.86. The highest BCUT2D eigenvalue weighted by Crippen LogP contribution is 2.35. The molecule has 35 heavy (non-hydrogen) atoms. The molecule has 0 saturated heterocycles. The fraction of sp³-hybridized carbons (Fsp3) is 0.130. The smallest absolute Gasteiger partial charge is 0.295 e. The summed E-state index contributed by atoms with van der Waals surface area (Å²) in [5.41, 5.74) is 5.74. The van der Waals surface area contributed by atoms with Crippen LogP contribution in [0.1, 0.15) is 34.6 Å². The van der Waals surface area contributed by atoms with Crippen LogP contribution in [0.25, 0.3) is 11.1 Å². The van der Waals surface area contributed by atoms with E-state index in [1.54, 1.807) is 13.8 Å². The lowest BCUT2D eigenvalue weighted by Crippen LogP contribution is -2.14. The first-order valence-electron chi connectivity index (χ1n) is 10.1. The molecule has 12 heteroatoms. The Morgan fingerprint density at radius 1 is 0.771 bits per heavy atom. The second kappa shape index (κ2) is 9.58. The van der Waals surface area contributed by atoms with Gasteiger partial charge in [0.2, 0.25) is 0 Å². The summed E-state index contributed by atoms with van der Waals surface area (Å²) in [5.74, 6) is -0.916. The molecule has 184 valence electrons. The van der Waals surface area contributed by atoms with Gasteiger partial charge in [-0.3, -0.25) is 18.7 Å². The zero-order valence-corrected chi connectivity index (χ0v) is 20.2. The standard InChI is InChI=1S/C23H22N2O8S2/c1-13(2)22(26)14-3-5-15(6-4-14)23(27)25-17-8-10-19(21(12-17)35(31,32)33)18-9-7-16(24)11-20(18)34(28,29)30/h3-13H,24H2,1-2H3,(H,25,27)(H,28,29,30)(H,31,32,33). The maximum absolute atomic E-state index is 12.6. The monoisotopic (exact) mass is 518 g/mol. The van der Waals surface area contributed by atoms with Gasteiger partial charge in [-0.05, 0) is 36.4 Å². The number of rotatable bonds is 7. The van der Waals surface area contributed by atoms with Crippen LogP contribution in [-0.4, -0.2) is 37.6 Å². The highest BCUT2D eigenvalue weighted by Gasteiger charge is 2.24. The predicted molar refractivity (Wildman–Crippen MR) is 129 cm³/mol. The molecule has 0 aliphatic rings. The number of hydrogen-bond acceptors (Lipinski definition) is 7. The average Bonchev–Trinajstić information content (AvgIpc) is 2.77. The number of Topliss-reactive ketones (excluding diaryl/α,β-unsaturated/α-hetero) is 1. The van der Waals surface area contributed by atoms with Crippen LogP contribution in [0, 0.1) is 5.92 Å². The van der Waals surface area contributed by atoms with Gasteiger partial charge in [0.1, 0.15) is 9.79 Å². The van der Waals surface area contributed by atoms with Crippen molar-refractivity contribution in [3.8, 4) is 11.1 Å². The number of carbonyl (C=O) groups excluding carboxylic acids is 2. The molecule has 0 aromatic heterocycles. The van der Waals surface area contributed by atoms with E-state index in [-0.39, 0.29) is 39.8 Å². The zero-order chi connectivity index (χ0) is 26.1. The molecule has 0 unspecified atom stereocenters. The third-order valence-electron chi connectivity index (χ3n) is 5.05. The zero-order valence-electron chi connectivity index (χ0n) is 18.6. The van der Waals surface area contributed by atoms with E-state index in [0.717, 1.165) is 12.1 Å². The molecular formula is C23H22N2O8S2. The van der Waals surface area contributed by atoms with Crippen molar-refractivity contribution in [2.45, 2.75) is 23.6 Å². The molecule has 0 bridgehead atoms. The van der Waals surface area contributed by atoms with E-state index in [0.29, 0.717) is 5.56 Å². The molecular weight excluding hydrogens is 496 g/mol. The van der Waals surface area contributed by atoms with E-state index in [4.69, 9.17) is 5.73 Å². The van der Waals surface area contributed by atoms with Crippen molar-refractivity contribution in [2.75, 3.05) is 11.1 Å². The number of carbonyl (C=O) groups is 2. The molecule has 3 aromatic rings. The molecule has 10 nitrogen and oxygen atoms in total. The van der Waals surface area contributed by atoms with E-state index in [9.17, 15) is 35.5 Å². The summed E-state index contributed by atoms with van der Waals surface area (Å²) in [6.07, 6.45) is 0. The van der Waals surface area contributed by atoms with Crippen molar-refractivity contribution >= 4 is 43.3 Å². The van der Waals surface area contributed by atoms with Gasteiger partial charge in [0, 0.05) is 39.5 Å². The second-order valence-electron chi connectivity index (χ2n) is 7.97. The molecule has 1 amide bonds. The van der Waals surface area contributed by atoms with Crippen molar-refractivity contribution < 1.29 is 35.5 Å². The largest absolute Gasteiger partial charge is 0.399 e. The SMILES string of the molecule is CC(C)C(=O)c1ccc(C(=O)Nc2ccc(-c3ccc(N)cc3S(=O)(=O)O)c(S(=O)(=O)O)c2)cc1. The topological polar surface area (TPSA) is 181 Å². The number of amides is 1. The first-order valence-corrected chi connectivity index (χ1v) is 13.0. The molecule has 0 aliphatic carbocycles. The lowest BCUT2D eigenvalue weighted by Gasteiger charge is -2.14. The van der Waals surface area contributed by atoms with Crippen molar-refractivity contribution in [2.24, 2.45) is 5.92 Å². The quantitative estimate of drug-likeness (QED) is 0.207. The normalized spacial score (nSPS) is 11.9. The number of ketones is 1. The summed E-state index contributed by atoms with van der Waals surface area (Å²) < 4.78 is 67.2. The van der Waals surface area contributed by atoms with Gasteiger partial charge in [0.25, 0.3) is 26.1 Å². The Balaban J connectivity index is 2.01. The minimum atomic E-state index is -4.90. The van der Waals surface area contributed by atoms with Gasteiger partial charge in [-0.1, -0.05) is 38.1 Å². The van der Waals surface area contributed by atoms with E-state index < -0.39 is 35.9 Å². The van der Waals surface area contributed by atoms with Crippen LogP contribution in [-0.2, 0) is 20.2 Å². The van der Waals surface area contributed by atoms with Gasteiger partial charge >= 0.3 is 0 Å². The molecule has 0 radical (unpaired) electrons. The van der Waals surface area contributed by atoms with Gasteiger partial charge in [-0.2, -0.15) is 16.8 Å².